The van der Waals surface area contributed by atoms with Gasteiger partial charge in [-0.05, 0) is 65.2 Å². The molecule has 1 aliphatic heterocycles. The van der Waals surface area contributed by atoms with Crippen molar-refractivity contribution in [3.8, 4) is 0 Å². The number of benzene rings is 2. The number of para-hydroxylation sites is 1. The fourth-order valence-electron chi connectivity index (χ4n) is 3.01. The van der Waals surface area contributed by atoms with Crippen molar-refractivity contribution in [2.24, 2.45) is 0 Å². The summed E-state index contributed by atoms with van der Waals surface area (Å²) in [5.41, 5.74) is 2.72. The van der Waals surface area contributed by atoms with E-state index in [0.29, 0.717) is 23.4 Å². The van der Waals surface area contributed by atoms with Gasteiger partial charge in [0, 0.05) is 16.1 Å². The third-order valence-corrected chi connectivity index (χ3v) is 5.94. The maximum absolute atomic E-state index is 12.5. The number of rotatable bonds is 3. The number of nitrogens with one attached hydrogen (secondary N) is 1. The number of sulfonamides is 1. The molecule has 24 heavy (non-hydrogen) atoms. The van der Waals surface area contributed by atoms with E-state index < -0.39 is 10.0 Å². The highest BCUT2D eigenvalue weighted by atomic mass is 79.9. The third kappa shape index (κ3) is 3.18. The SMILES string of the molecule is C[C@H]1Cc2cc(C(=O)Nc3ccccc3Br)ccc2N1S(C)(=O)=O. The lowest BCUT2D eigenvalue weighted by Crippen LogP contribution is -2.34. The van der Waals surface area contributed by atoms with Crippen LogP contribution in [0.15, 0.2) is 46.9 Å². The smallest absolute Gasteiger partial charge is 0.255 e. The summed E-state index contributed by atoms with van der Waals surface area (Å²) in [7, 11) is -3.33. The van der Waals surface area contributed by atoms with Gasteiger partial charge in [-0.1, -0.05) is 12.1 Å². The molecule has 0 unspecified atom stereocenters. The number of fused-ring (bicyclic) bond motifs is 1. The molecule has 126 valence electrons. The fourth-order valence-corrected chi connectivity index (χ4v) is 4.65. The Morgan fingerprint density at radius 1 is 1.25 bits per heavy atom. The van der Waals surface area contributed by atoms with Gasteiger partial charge in [0.15, 0.2) is 0 Å². The molecule has 1 aliphatic rings. The quantitative estimate of drug-likeness (QED) is 0.845. The molecule has 7 heteroatoms. The minimum absolute atomic E-state index is 0.142. The Morgan fingerprint density at radius 3 is 2.62 bits per heavy atom. The van der Waals surface area contributed by atoms with Crippen LogP contribution in [0.25, 0.3) is 0 Å². The molecule has 0 bridgehead atoms. The number of hydrogen-bond acceptors (Lipinski definition) is 3. The molecule has 1 amide bonds. The van der Waals surface area contributed by atoms with E-state index >= 15 is 0 Å². The minimum atomic E-state index is -3.33. The first-order valence-corrected chi connectivity index (χ1v) is 10.1. The zero-order valence-electron chi connectivity index (χ0n) is 13.3. The molecule has 2 aromatic rings. The molecule has 0 aromatic heterocycles. The zero-order valence-corrected chi connectivity index (χ0v) is 15.7. The number of hydrogen-bond donors (Lipinski definition) is 1. The highest BCUT2D eigenvalue weighted by Gasteiger charge is 2.32. The van der Waals surface area contributed by atoms with E-state index in [2.05, 4.69) is 21.2 Å². The van der Waals surface area contributed by atoms with Gasteiger partial charge in [0.2, 0.25) is 10.0 Å². The van der Waals surface area contributed by atoms with Gasteiger partial charge in [-0.3, -0.25) is 9.10 Å². The largest absolute Gasteiger partial charge is 0.321 e. The van der Waals surface area contributed by atoms with Crippen LogP contribution in [0.2, 0.25) is 0 Å². The van der Waals surface area contributed by atoms with Gasteiger partial charge in [-0.15, -0.1) is 0 Å². The van der Waals surface area contributed by atoms with Crippen LogP contribution in [-0.4, -0.2) is 26.6 Å². The number of halogens is 1. The van der Waals surface area contributed by atoms with Crippen molar-refractivity contribution >= 4 is 43.2 Å². The maximum atomic E-state index is 12.5. The normalized spacial score (nSPS) is 16.8. The summed E-state index contributed by atoms with van der Waals surface area (Å²) in [5, 5.41) is 2.85. The van der Waals surface area contributed by atoms with Crippen molar-refractivity contribution in [2.45, 2.75) is 19.4 Å². The third-order valence-electron chi connectivity index (χ3n) is 3.97. The molecule has 0 fully saturated rings. The summed E-state index contributed by atoms with van der Waals surface area (Å²) >= 11 is 3.40. The Bertz CT molecular complexity index is 912. The monoisotopic (exact) mass is 408 g/mol. The Morgan fingerprint density at radius 2 is 1.96 bits per heavy atom. The van der Waals surface area contributed by atoms with Gasteiger partial charge in [-0.25, -0.2) is 8.42 Å². The molecule has 5 nitrogen and oxygen atoms in total. The van der Waals surface area contributed by atoms with E-state index in [-0.39, 0.29) is 11.9 Å². The molecular formula is C17H17BrN2O3S. The molecule has 0 radical (unpaired) electrons. The minimum Gasteiger partial charge on any atom is -0.321 e. The predicted octanol–water partition coefficient (Wildman–Crippen LogP) is 3.41. The second kappa shape index (κ2) is 6.22. The standard InChI is InChI=1S/C17H17BrN2O3S/c1-11-9-13-10-12(7-8-16(13)20(11)24(2,22)23)17(21)19-15-6-4-3-5-14(15)18/h3-8,10-11H,9H2,1-2H3,(H,19,21)/t11-/m0/s1. The Hall–Kier alpha value is -1.86. The lowest BCUT2D eigenvalue weighted by molar-refractivity contribution is 0.102. The molecule has 0 saturated carbocycles. The van der Waals surface area contributed by atoms with Crippen molar-refractivity contribution in [3.63, 3.8) is 0 Å². The first-order chi connectivity index (χ1) is 11.3. The Labute approximate surface area is 149 Å². The van der Waals surface area contributed by atoms with E-state index in [9.17, 15) is 13.2 Å². The van der Waals surface area contributed by atoms with Crippen LogP contribution in [0.4, 0.5) is 11.4 Å². The van der Waals surface area contributed by atoms with Crippen molar-refractivity contribution < 1.29 is 13.2 Å². The predicted molar refractivity (Wildman–Crippen MR) is 99.0 cm³/mol. The lowest BCUT2D eigenvalue weighted by Gasteiger charge is -2.21. The van der Waals surface area contributed by atoms with Gasteiger partial charge in [0.1, 0.15) is 0 Å². The molecule has 1 heterocycles. The van der Waals surface area contributed by atoms with Crippen molar-refractivity contribution in [1.82, 2.24) is 0 Å². The second-order valence-corrected chi connectivity index (χ2v) is 8.60. The van der Waals surface area contributed by atoms with Gasteiger partial charge in [0.25, 0.3) is 5.91 Å². The van der Waals surface area contributed by atoms with Crippen LogP contribution in [-0.2, 0) is 16.4 Å². The van der Waals surface area contributed by atoms with Crippen LogP contribution < -0.4 is 9.62 Å². The summed E-state index contributed by atoms with van der Waals surface area (Å²) in [5.74, 6) is -0.227. The average Bonchev–Trinajstić information content (AvgIpc) is 2.84. The number of amides is 1. The second-order valence-electron chi connectivity index (χ2n) is 5.89. The Balaban J connectivity index is 1.89. The number of carbonyl (C=O) groups excluding carboxylic acids is 1. The fraction of sp³-hybridized carbons (Fsp3) is 0.235. The van der Waals surface area contributed by atoms with Crippen molar-refractivity contribution in [2.75, 3.05) is 15.9 Å². The highest BCUT2D eigenvalue weighted by molar-refractivity contribution is 9.10. The van der Waals surface area contributed by atoms with E-state index in [4.69, 9.17) is 0 Å². The molecule has 0 spiro atoms. The first-order valence-electron chi connectivity index (χ1n) is 7.45. The van der Waals surface area contributed by atoms with E-state index in [1.165, 1.54) is 10.6 Å². The topological polar surface area (TPSA) is 66.5 Å². The zero-order chi connectivity index (χ0) is 17.5. The first kappa shape index (κ1) is 17.0. The molecule has 1 N–H and O–H groups in total. The average molecular weight is 409 g/mol. The summed E-state index contributed by atoms with van der Waals surface area (Å²) in [4.78, 5) is 12.5. The molecule has 0 saturated heterocycles. The highest BCUT2D eigenvalue weighted by Crippen LogP contribution is 2.35. The molecule has 3 rings (SSSR count). The van der Waals surface area contributed by atoms with Gasteiger partial charge in [-0.2, -0.15) is 0 Å². The van der Waals surface area contributed by atoms with Crippen LogP contribution in [0, 0.1) is 0 Å². The molecule has 1 atom stereocenters. The van der Waals surface area contributed by atoms with Gasteiger partial charge >= 0.3 is 0 Å². The molecule has 0 aliphatic carbocycles. The van der Waals surface area contributed by atoms with E-state index in [1.54, 1.807) is 18.2 Å². The number of carbonyl (C=O) groups is 1. The Kier molecular flexibility index (Phi) is 4.40. The van der Waals surface area contributed by atoms with Crippen LogP contribution in [0.3, 0.4) is 0 Å². The van der Waals surface area contributed by atoms with Gasteiger partial charge < -0.3 is 5.32 Å². The van der Waals surface area contributed by atoms with Gasteiger partial charge in [0.05, 0.1) is 17.6 Å². The lowest BCUT2D eigenvalue weighted by atomic mass is 10.1. The van der Waals surface area contributed by atoms with E-state index in [1.807, 2.05) is 31.2 Å². The van der Waals surface area contributed by atoms with Crippen molar-refractivity contribution in [3.05, 3.63) is 58.1 Å². The van der Waals surface area contributed by atoms with Crippen molar-refractivity contribution in [1.29, 1.82) is 0 Å². The van der Waals surface area contributed by atoms with E-state index in [0.717, 1.165) is 10.0 Å². The van der Waals surface area contributed by atoms with Crippen LogP contribution in [0.5, 0.6) is 0 Å². The van der Waals surface area contributed by atoms with Crippen LogP contribution in [0.1, 0.15) is 22.8 Å². The van der Waals surface area contributed by atoms with Crippen LogP contribution >= 0.6 is 15.9 Å². The number of nitrogens with zero attached hydrogens (tertiary/aromatic N) is 1. The summed E-state index contributed by atoms with van der Waals surface area (Å²) in [6.07, 6.45) is 1.80. The maximum Gasteiger partial charge on any atom is 0.255 e. The molecule has 2 aromatic carbocycles. The summed E-state index contributed by atoms with van der Waals surface area (Å²) in [6.45, 7) is 1.86. The molecular weight excluding hydrogens is 392 g/mol. The number of anilines is 2. The summed E-state index contributed by atoms with van der Waals surface area (Å²) < 4.78 is 26.1. The summed E-state index contributed by atoms with van der Waals surface area (Å²) in [6, 6.07) is 12.4.